The van der Waals surface area contributed by atoms with Gasteiger partial charge < -0.3 is 10.5 Å². The van der Waals surface area contributed by atoms with E-state index in [1.165, 1.54) is 16.7 Å². The average molecular weight is 405 g/mol. The Bertz CT molecular complexity index is 930. The number of thiocarbonyl (C=S) groups is 1. The number of ether oxygens (including phenoxy) is 1. The van der Waals surface area contributed by atoms with Crippen LogP contribution in [0, 0.1) is 0 Å². The first kappa shape index (κ1) is 18.4. The van der Waals surface area contributed by atoms with Gasteiger partial charge in [0.15, 0.2) is 10.9 Å². The molecule has 0 bridgehead atoms. The van der Waals surface area contributed by atoms with Crippen LogP contribution in [-0.4, -0.2) is 22.7 Å². The largest absolute Gasteiger partial charge is 0.483 e. The molecule has 26 heavy (non-hydrogen) atoms. The molecular weight excluding hydrogens is 392 g/mol. The van der Waals surface area contributed by atoms with Crippen molar-refractivity contribution in [2.45, 2.75) is 0 Å². The summed E-state index contributed by atoms with van der Waals surface area (Å²) in [5.74, 6) is -0.363. The third-order valence-corrected chi connectivity index (χ3v) is 4.97. The highest BCUT2D eigenvalue weighted by Crippen LogP contribution is 2.37. The fourth-order valence-corrected chi connectivity index (χ4v) is 3.80. The molecule has 1 aliphatic heterocycles. The summed E-state index contributed by atoms with van der Waals surface area (Å²) < 4.78 is 5.81. The molecule has 0 unspecified atom stereocenters. The predicted molar refractivity (Wildman–Crippen MR) is 108 cm³/mol. The first-order valence-electron chi connectivity index (χ1n) is 7.49. The van der Waals surface area contributed by atoms with Crippen molar-refractivity contribution in [3.8, 4) is 5.75 Å². The van der Waals surface area contributed by atoms with Crippen molar-refractivity contribution in [3.63, 3.8) is 0 Å². The maximum Gasteiger partial charge on any atom is 0.270 e. The standard InChI is InChI=1S/C18H13ClN2O3S2/c19-12-5-3-6-13(9-12)21-17(23)15(26-18(21)25)8-11-4-1-2-7-14(11)24-10-16(20)22/h1-9H,10H2,(H2,20,22)/b15-8-. The second kappa shape index (κ2) is 7.90. The number of halogens is 1. The molecule has 1 heterocycles. The molecule has 0 aliphatic carbocycles. The number of para-hydroxylation sites is 1. The highest BCUT2D eigenvalue weighted by Gasteiger charge is 2.33. The van der Waals surface area contributed by atoms with Crippen LogP contribution in [0.15, 0.2) is 53.4 Å². The second-order valence-corrected chi connectivity index (χ2v) is 7.40. The van der Waals surface area contributed by atoms with Gasteiger partial charge in [-0.05, 0) is 30.3 Å². The smallest absolute Gasteiger partial charge is 0.270 e. The Morgan fingerprint density at radius 3 is 2.77 bits per heavy atom. The summed E-state index contributed by atoms with van der Waals surface area (Å²) in [6.07, 6.45) is 1.68. The SMILES string of the molecule is NC(=O)COc1ccccc1/C=C1\SC(=S)N(c2cccc(Cl)c2)C1=O. The van der Waals surface area contributed by atoms with Crippen LogP contribution in [0.3, 0.4) is 0 Å². The molecule has 0 saturated carbocycles. The van der Waals surface area contributed by atoms with Crippen LogP contribution in [0.25, 0.3) is 6.08 Å². The van der Waals surface area contributed by atoms with Crippen LogP contribution < -0.4 is 15.4 Å². The number of carbonyl (C=O) groups excluding carboxylic acids is 2. The van der Waals surface area contributed by atoms with Gasteiger partial charge in [0.2, 0.25) is 0 Å². The van der Waals surface area contributed by atoms with Gasteiger partial charge in [-0.25, -0.2) is 0 Å². The first-order chi connectivity index (χ1) is 12.5. The molecule has 2 N–H and O–H groups in total. The van der Waals surface area contributed by atoms with Gasteiger partial charge in [0.1, 0.15) is 5.75 Å². The number of carbonyl (C=O) groups is 2. The minimum Gasteiger partial charge on any atom is -0.483 e. The fraction of sp³-hybridized carbons (Fsp3) is 0.0556. The number of thioether (sulfide) groups is 1. The van der Waals surface area contributed by atoms with E-state index in [0.29, 0.717) is 31.2 Å². The van der Waals surface area contributed by atoms with Crippen LogP contribution in [0.1, 0.15) is 5.56 Å². The number of benzene rings is 2. The van der Waals surface area contributed by atoms with Crippen LogP contribution in [0.4, 0.5) is 5.69 Å². The lowest BCUT2D eigenvalue weighted by Gasteiger charge is -2.14. The van der Waals surface area contributed by atoms with Crippen LogP contribution >= 0.6 is 35.6 Å². The van der Waals surface area contributed by atoms with E-state index < -0.39 is 5.91 Å². The molecule has 8 heteroatoms. The Hall–Kier alpha value is -2.35. The number of anilines is 1. The Balaban J connectivity index is 1.90. The van der Waals surface area contributed by atoms with Gasteiger partial charge in [-0.15, -0.1) is 0 Å². The van der Waals surface area contributed by atoms with E-state index in [-0.39, 0.29) is 12.5 Å². The Morgan fingerprint density at radius 2 is 2.04 bits per heavy atom. The quantitative estimate of drug-likeness (QED) is 0.608. The molecule has 132 valence electrons. The zero-order chi connectivity index (χ0) is 18.7. The zero-order valence-electron chi connectivity index (χ0n) is 13.3. The first-order valence-corrected chi connectivity index (χ1v) is 9.09. The van der Waals surface area contributed by atoms with E-state index in [2.05, 4.69) is 0 Å². The maximum absolute atomic E-state index is 12.8. The molecule has 1 saturated heterocycles. The van der Waals surface area contributed by atoms with Crippen LogP contribution in [0.2, 0.25) is 5.02 Å². The van der Waals surface area contributed by atoms with E-state index in [9.17, 15) is 9.59 Å². The molecule has 0 radical (unpaired) electrons. The predicted octanol–water partition coefficient (Wildman–Crippen LogP) is 3.61. The average Bonchev–Trinajstić information content (AvgIpc) is 2.87. The van der Waals surface area contributed by atoms with Gasteiger partial charge in [-0.1, -0.05) is 59.8 Å². The van der Waals surface area contributed by atoms with E-state index in [0.717, 1.165) is 0 Å². The summed E-state index contributed by atoms with van der Waals surface area (Å²) in [6, 6.07) is 14.0. The number of hydrogen-bond acceptors (Lipinski definition) is 5. The zero-order valence-corrected chi connectivity index (χ0v) is 15.7. The summed E-state index contributed by atoms with van der Waals surface area (Å²) in [4.78, 5) is 25.6. The maximum atomic E-state index is 12.8. The van der Waals surface area contributed by atoms with Gasteiger partial charge in [0, 0.05) is 10.6 Å². The van der Waals surface area contributed by atoms with E-state index in [1.54, 1.807) is 54.6 Å². The normalized spacial score (nSPS) is 15.6. The van der Waals surface area contributed by atoms with Crippen LogP contribution in [-0.2, 0) is 9.59 Å². The molecule has 2 aromatic carbocycles. The van der Waals surface area contributed by atoms with Gasteiger partial charge in [0.25, 0.3) is 11.8 Å². The molecular formula is C18H13ClN2O3S2. The number of primary amides is 1. The third kappa shape index (κ3) is 4.07. The number of rotatable bonds is 5. The van der Waals surface area contributed by atoms with Gasteiger partial charge in [-0.2, -0.15) is 0 Å². The summed E-state index contributed by atoms with van der Waals surface area (Å²) in [5, 5.41) is 0.519. The fourth-order valence-electron chi connectivity index (χ4n) is 2.33. The molecule has 0 spiro atoms. The Morgan fingerprint density at radius 1 is 1.27 bits per heavy atom. The van der Waals surface area contributed by atoms with Crippen LogP contribution in [0.5, 0.6) is 5.75 Å². The van der Waals surface area contributed by atoms with E-state index in [1.807, 2.05) is 0 Å². The molecule has 1 fully saturated rings. The Kier molecular flexibility index (Phi) is 5.61. The molecule has 2 amide bonds. The molecule has 5 nitrogen and oxygen atoms in total. The molecule has 2 aromatic rings. The highest BCUT2D eigenvalue weighted by molar-refractivity contribution is 8.27. The van der Waals surface area contributed by atoms with Crippen molar-refractivity contribution in [2.24, 2.45) is 5.73 Å². The molecule has 0 aromatic heterocycles. The topological polar surface area (TPSA) is 72.6 Å². The van der Waals surface area contributed by atoms with Gasteiger partial charge >= 0.3 is 0 Å². The van der Waals surface area contributed by atoms with Crippen molar-refractivity contribution < 1.29 is 14.3 Å². The summed E-state index contributed by atoms with van der Waals surface area (Å²) in [5.41, 5.74) is 6.38. The highest BCUT2D eigenvalue weighted by atomic mass is 35.5. The summed E-state index contributed by atoms with van der Waals surface area (Å²) in [7, 11) is 0. The summed E-state index contributed by atoms with van der Waals surface area (Å²) in [6.45, 7) is -0.242. The van der Waals surface area contributed by atoms with Gasteiger partial charge in [0.05, 0.1) is 10.6 Å². The van der Waals surface area contributed by atoms with E-state index >= 15 is 0 Å². The monoisotopic (exact) mass is 404 g/mol. The van der Waals surface area contributed by atoms with Crippen molar-refractivity contribution in [1.29, 1.82) is 0 Å². The van der Waals surface area contributed by atoms with Crippen molar-refractivity contribution in [2.75, 3.05) is 11.5 Å². The number of hydrogen-bond donors (Lipinski definition) is 1. The van der Waals surface area contributed by atoms with Crippen molar-refractivity contribution in [3.05, 3.63) is 64.0 Å². The van der Waals surface area contributed by atoms with Crippen molar-refractivity contribution >= 4 is 63.5 Å². The molecule has 3 rings (SSSR count). The number of amides is 2. The third-order valence-electron chi connectivity index (χ3n) is 3.44. The number of nitrogens with zero attached hydrogens (tertiary/aromatic N) is 1. The summed E-state index contributed by atoms with van der Waals surface area (Å²) >= 11 is 12.5. The minimum absolute atomic E-state index is 0.242. The minimum atomic E-state index is -0.577. The van der Waals surface area contributed by atoms with E-state index in [4.69, 9.17) is 34.3 Å². The lowest BCUT2D eigenvalue weighted by atomic mass is 10.2. The van der Waals surface area contributed by atoms with Gasteiger partial charge in [-0.3, -0.25) is 14.5 Å². The lowest BCUT2D eigenvalue weighted by Crippen LogP contribution is -2.27. The molecule has 1 aliphatic rings. The number of nitrogens with two attached hydrogens (primary N) is 1. The lowest BCUT2D eigenvalue weighted by molar-refractivity contribution is -0.120. The van der Waals surface area contributed by atoms with Crippen molar-refractivity contribution in [1.82, 2.24) is 0 Å². The second-order valence-electron chi connectivity index (χ2n) is 5.29. The Labute approximate surface area is 164 Å². The molecule has 0 atom stereocenters.